The van der Waals surface area contributed by atoms with E-state index >= 15 is 0 Å². The van der Waals surface area contributed by atoms with E-state index in [1.165, 1.54) is 5.56 Å². The standard InChI is InChI=1S/C20H15O/c1-15-10-12-16(13-11-15)18-7-4-5-9-20(18)19-8-3-2-6-17(19)14-21/h2-5,8-13H,6H2,1H3. The van der Waals surface area contributed by atoms with E-state index in [2.05, 4.69) is 43.2 Å². The molecule has 0 bridgehead atoms. The van der Waals surface area contributed by atoms with E-state index in [9.17, 15) is 4.79 Å². The van der Waals surface area contributed by atoms with E-state index < -0.39 is 0 Å². The lowest BCUT2D eigenvalue weighted by Gasteiger charge is -2.15. The molecule has 101 valence electrons. The van der Waals surface area contributed by atoms with E-state index in [0.29, 0.717) is 12.0 Å². The lowest BCUT2D eigenvalue weighted by Crippen LogP contribution is -1.96. The van der Waals surface area contributed by atoms with Gasteiger partial charge in [-0.2, -0.15) is 0 Å². The molecule has 0 aromatic heterocycles. The maximum atomic E-state index is 11.2. The molecule has 0 atom stereocenters. The molecule has 3 rings (SSSR count). The summed E-state index contributed by atoms with van der Waals surface area (Å²) in [5.74, 6) is 2.07. The van der Waals surface area contributed by atoms with Gasteiger partial charge in [0.1, 0.15) is 5.94 Å². The zero-order valence-electron chi connectivity index (χ0n) is 11.9. The second-order valence-electron chi connectivity index (χ2n) is 5.12. The van der Waals surface area contributed by atoms with Crippen LogP contribution in [0.2, 0.25) is 0 Å². The van der Waals surface area contributed by atoms with E-state index in [0.717, 1.165) is 22.3 Å². The van der Waals surface area contributed by atoms with E-state index in [-0.39, 0.29) is 0 Å². The first-order valence-corrected chi connectivity index (χ1v) is 6.99. The Bertz CT molecular complexity index is 770. The van der Waals surface area contributed by atoms with Crippen molar-refractivity contribution in [3.8, 4) is 11.1 Å². The van der Waals surface area contributed by atoms with Crippen LogP contribution in [0, 0.1) is 13.0 Å². The topological polar surface area (TPSA) is 17.1 Å². The van der Waals surface area contributed by atoms with Crippen molar-refractivity contribution >= 4 is 11.5 Å². The fourth-order valence-electron chi connectivity index (χ4n) is 2.53. The normalized spacial score (nSPS) is 13.8. The van der Waals surface area contributed by atoms with Gasteiger partial charge in [0.05, 0.1) is 0 Å². The van der Waals surface area contributed by atoms with Gasteiger partial charge >= 0.3 is 0 Å². The number of hydrogen-bond donors (Lipinski definition) is 0. The van der Waals surface area contributed by atoms with Crippen molar-refractivity contribution in [2.24, 2.45) is 0 Å². The molecule has 0 aliphatic heterocycles. The van der Waals surface area contributed by atoms with Crippen LogP contribution in [0.5, 0.6) is 0 Å². The first kappa shape index (κ1) is 13.4. The Morgan fingerprint density at radius 2 is 1.95 bits per heavy atom. The highest BCUT2D eigenvalue weighted by Gasteiger charge is 2.14. The molecule has 1 aliphatic rings. The minimum atomic E-state index is 0.636. The minimum absolute atomic E-state index is 0.636. The average Bonchev–Trinajstić information content (AvgIpc) is 2.55. The van der Waals surface area contributed by atoms with Crippen LogP contribution < -0.4 is 0 Å². The van der Waals surface area contributed by atoms with Crippen LogP contribution in [-0.4, -0.2) is 5.94 Å². The van der Waals surface area contributed by atoms with Crippen LogP contribution in [-0.2, 0) is 4.79 Å². The van der Waals surface area contributed by atoms with Gasteiger partial charge in [0.25, 0.3) is 0 Å². The maximum Gasteiger partial charge on any atom is 0.128 e. The Hall–Kier alpha value is -2.63. The smallest absolute Gasteiger partial charge is 0.128 e. The van der Waals surface area contributed by atoms with Crippen LogP contribution in [0.25, 0.3) is 16.7 Å². The fraction of sp³-hybridized carbons (Fsp3) is 0.100. The zero-order valence-corrected chi connectivity index (χ0v) is 11.9. The molecule has 0 unspecified atom stereocenters. The molecule has 1 radical (unpaired) electrons. The molecular formula is C20H15O. The molecule has 0 fully saturated rings. The van der Waals surface area contributed by atoms with Gasteiger partial charge in [-0.15, -0.1) is 0 Å². The Balaban J connectivity index is 2.16. The summed E-state index contributed by atoms with van der Waals surface area (Å²) in [7, 11) is 0. The van der Waals surface area contributed by atoms with Crippen LogP contribution in [0.3, 0.4) is 0 Å². The second kappa shape index (κ2) is 5.78. The average molecular weight is 271 g/mol. The Labute approximate surface area is 124 Å². The van der Waals surface area contributed by atoms with E-state index in [1.54, 1.807) is 0 Å². The van der Waals surface area contributed by atoms with Crippen LogP contribution in [0.15, 0.2) is 66.3 Å². The third-order valence-corrected chi connectivity index (χ3v) is 3.66. The van der Waals surface area contributed by atoms with Crippen molar-refractivity contribution in [3.63, 3.8) is 0 Å². The van der Waals surface area contributed by atoms with Crippen molar-refractivity contribution in [1.82, 2.24) is 0 Å². The summed E-state index contributed by atoms with van der Waals surface area (Å²) < 4.78 is 0. The van der Waals surface area contributed by atoms with Crippen molar-refractivity contribution in [1.29, 1.82) is 0 Å². The minimum Gasteiger partial charge on any atom is -0.233 e. The summed E-state index contributed by atoms with van der Waals surface area (Å²) in [4.78, 5) is 11.2. The largest absolute Gasteiger partial charge is 0.233 e. The molecule has 1 heteroatoms. The number of allylic oxidation sites excluding steroid dienone is 5. The van der Waals surface area contributed by atoms with Gasteiger partial charge in [-0.25, -0.2) is 4.79 Å². The van der Waals surface area contributed by atoms with Gasteiger partial charge in [-0.3, -0.25) is 0 Å². The molecule has 0 saturated carbocycles. The number of hydrogen-bond acceptors (Lipinski definition) is 1. The summed E-state index contributed by atoms with van der Waals surface area (Å²) in [6.07, 6.45) is 6.58. The molecule has 0 saturated heterocycles. The van der Waals surface area contributed by atoms with Gasteiger partial charge in [-0.1, -0.05) is 66.3 Å². The van der Waals surface area contributed by atoms with Crippen LogP contribution in [0.4, 0.5) is 0 Å². The van der Waals surface area contributed by atoms with Crippen molar-refractivity contribution in [2.45, 2.75) is 13.3 Å². The Morgan fingerprint density at radius 3 is 2.71 bits per heavy atom. The number of carbonyl (C=O) groups excluding carboxylic acids is 1. The number of benzene rings is 2. The van der Waals surface area contributed by atoms with Gasteiger partial charge in [0, 0.05) is 12.0 Å². The fourth-order valence-corrected chi connectivity index (χ4v) is 2.53. The van der Waals surface area contributed by atoms with Gasteiger partial charge in [0.2, 0.25) is 0 Å². The highest BCUT2D eigenvalue weighted by molar-refractivity contribution is 5.94. The highest BCUT2D eigenvalue weighted by atomic mass is 16.1. The van der Waals surface area contributed by atoms with Crippen molar-refractivity contribution in [3.05, 3.63) is 83.5 Å². The molecular weight excluding hydrogens is 256 g/mol. The number of rotatable bonds is 2. The van der Waals surface area contributed by atoms with Crippen molar-refractivity contribution < 1.29 is 4.79 Å². The Kier molecular flexibility index (Phi) is 3.68. The summed E-state index contributed by atoms with van der Waals surface area (Å²) in [6, 6.07) is 17.6. The Morgan fingerprint density at radius 1 is 1.14 bits per heavy atom. The molecule has 0 heterocycles. The summed E-state index contributed by atoms with van der Waals surface area (Å²) >= 11 is 0. The van der Waals surface area contributed by atoms with Crippen molar-refractivity contribution in [2.75, 3.05) is 0 Å². The van der Waals surface area contributed by atoms with Gasteiger partial charge in [0.15, 0.2) is 0 Å². The predicted molar refractivity (Wildman–Crippen MR) is 86.4 cm³/mol. The second-order valence-corrected chi connectivity index (χ2v) is 5.12. The third kappa shape index (κ3) is 2.65. The van der Waals surface area contributed by atoms with Gasteiger partial charge < -0.3 is 0 Å². The summed E-state index contributed by atoms with van der Waals surface area (Å²) in [5.41, 5.74) is 6.03. The molecule has 2 aromatic carbocycles. The molecule has 21 heavy (non-hydrogen) atoms. The lowest BCUT2D eigenvalue weighted by molar-refractivity contribution is 0.567. The van der Waals surface area contributed by atoms with Crippen LogP contribution in [0.1, 0.15) is 17.5 Å². The summed E-state index contributed by atoms with van der Waals surface area (Å²) in [6.45, 7) is 2.07. The molecule has 1 nitrogen and oxygen atoms in total. The van der Waals surface area contributed by atoms with Gasteiger partial charge in [-0.05, 0) is 35.3 Å². The molecule has 0 amide bonds. The molecule has 2 aromatic rings. The SMILES string of the molecule is Cc1ccc(-c2[c]cccc2C2=CC=CCC2=C=O)cc1. The quantitative estimate of drug-likeness (QED) is 0.732. The zero-order chi connectivity index (χ0) is 14.7. The first-order chi connectivity index (χ1) is 10.3. The maximum absolute atomic E-state index is 11.2. The molecule has 0 N–H and O–H groups in total. The third-order valence-electron chi connectivity index (χ3n) is 3.66. The monoisotopic (exact) mass is 271 g/mol. The highest BCUT2D eigenvalue weighted by Crippen LogP contribution is 2.34. The van der Waals surface area contributed by atoms with E-state index in [1.807, 2.05) is 36.4 Å². The lowest BCUT2D eigenvalue weighted by atomic mass is 9.87. The van der Waals surface area contributed by atoms with Crippen LogP contribution >= 0.6 is 0 Å². The molecule has 1 aliphatic carbocycles. The molecule has 0 spiro atoms. The summed E-state index contributed by atoms with van der Waals surface area (Å²) in [5, 5.41) is 0. The predicted octanol–water partition coefficient (Wildman–Crippen LogP) is 4.56. The number of aryl methyl sites for hydroxylation is 1. The van der Waals surface area contributed by atoms with E-state index in [4.69, 9.17) is 0 Å². The first-order valence-electron chi connectivity index (χ1n) is 6.99.